The van der Waals surface area contributed by atoms with Crippen molar-refractivity contribution in [3.05, 3.63) is 24.3 Å². The summed E-state index contributed by atoms with van der Waals surface area (Å²) in [7, 11) is 0. The van der Waals surface area contributed by atoms with Crippen molar-refractivity contribution in [2.24, 2.45) is 0 Å². The third-order valence-corrected chi connectivity index (χ3v) is 4.52. The van der Waals surface area contributed by atoms with E-state index in [-0.39, 0.29) is 5.91 Å². The number of nitrogens with zero attached hydrogens (tertiary/aromatic N) is 4. The van der Waals surface area contributed by atoms with Crippen LogP contribution in [0.3, 0.4) is 0 Å². The molecule has 2 aromatic rings. The molecule has 0 spiro atoms. The van der Waals surface area contributed by atoms with Crippen LogP contribution >= 0.6 is 11.8 Å². The van der Waals surface area contributed by atoms with Crippen LogP contribution in [0.2, 0.25) is 0 Å². The van der Waals surface area contributed by atoms with Crippen molar-refractivity contribution in [3.63, 3.8) is 0 Å². The van der Waals surface area contributed by atoms with E-state index in [0.29, 0.717) is 16.7 Å². The standard InChI is InChI=1S/C16H18N4O2S/c1-4-9-23-16-17-15-14(18-19-16)12-7-5-6-8-13(12)20(10(2)21)11(3)22-15/h5-8,11H,4,9H2,1-3H3/t11-/m0/s1. The van der Waals surface area contributed by atoms with Crippen LogP contribution in [-0.4, -0.2) is 33.1 Å². The number of ether oxygens (including phenoxy) is 1. The van der Waals surface area contributed by atoms with E-state index < -0.39 is 6.23 Å². The second-order valence-corrected chi connectivity index (χ2v) is 6.28. The lowest BCUT2D eigenvalue weighted by atomic mass is 10.1. The van der Waals surface area contributed by atoms with E-state index in [2.05, 4.69) is 22.1 Å². The largest absolute Gasteiger partial charge is 0.452 e. The summed E-state index contributed by atoms with van der Waals surface area (Å²) in [6, 6.07) is 7.57. The van der Waals surface area contributed by atoms with Gasteiger partial charge in [0.2, 0.25) is 16.9 Å². The number of carbonyl (C=O) groups excluding carboxylic acids is 1. The molecular formula is C16H18N4O2S. The first-order valence-corrected chi connectivity index (χ1v) is 8.53. The SMILES string of the molecule is CCCSc1nnc2c(n1)O[C@@H](C)N(C(C)=O)c1ccccc1-2. The van der Waals surface area contributed by atoms with Gasteiger partial charge in [0.05, 0.1) is 5.69 Å². The normalized spacial score (nSPS) is 16.1. The van der Waals surface area contributed by atoms with Crippen molar-refractivity contribution < 1.29 is 9.53 Å². The molecule has 0 saturated carbocycles. The number of fused-ring (bicyclic) bond motifs is 3. The second kappa shape index (κ2) is 6.54. The van der Waals surface area contributed by atoms with Gasteiger partial charge in [-0.05, 0) is 19.4 Å². The Bertz CT molecular complexity index is 738. The molecule has 0 fully saturated rings. The van der Waals surface area contributed by atoms with Crippen molar-refractivity contribution >= 4 is 23.4 Å². The number of hydrogen-bond acceptors (Lipinski definition) is 6. The van der Waals surface area contributed by atoms with Gasteiger partial charge in [-0.15, -0.1) is 10.2 Å². The summed E-state index contributed by atoms with van der Waals surface area (Å²) < 4.78 is 5.91. The van der Waals surface area contributed by atoms with Crippen LogP contribution in [-0.2, 0) is 4.79 Å². The minimum atomic E-state index is -0.462. The zero-order valence-electron chi connectivity index (χ0n) is 13.3. The van der Waals surface area contributed by atoms with Crippen molar-refractivity contribution in [2.75, 3.05) is 10.7 Å². The van der Waals surface area contributed by atoms with E-state index in [1.807, 2.05) is 31.2 Å². The Morgan fingerprint density at radius 1 is 1.35 bits per heavy atom. The number of thioether (sulfide) groups is 1. The number of para-hydroxylation sites is 1. The number of amides is 1. The topological polar surface area (TPSA) is 68.2 Å². The van der Waals surface area contributed by atoms with E-state index in [0.717, 1.165) is 23.4 Å². The predicted molar refractivity (Wildman–Crippen MR) is 89.5 cm³/mol. The molecule has 120 valence electrons. The molecule has 0 unspecified atom stereocenters. The van der Waals surface area contributed by atoms with Crippen molar-refractivity contribution in [1.82, 2.24) is 15.2 Å². The summed E-state index contributed by atoms with van der Waals surface area (Å²) in [4.78, 5) is 18.2. The van der Waals surface area contributed by atoms with Gasteiger partial charge in [0.25, 0.3) is 0 Å². The highest BCUT2D eigenvalue weighted by Crippen LogP contribution is 2.39. The predicted octanol–water partition coefficient (Wildman–Crippen LogP) is 3.13. The molecule has 1 aromatic carbocycles. The lowest BCUT2D eigenvalue weighted by Crippen LogP contribution is -2.40. The molecule has 2 heterocycles. The van der Waals surface area contributed by atoms with Crippen LogP contribution in [0.25, 0.3) is 11.3 Å². The molecule has 1 atom stereocenters. The Morgan fingerprint density at radius 3 is 2.87 bits per heavy atom. The summed E-state index contributed by atoms with van der Waals surface area (Å²) in [5, 5.41) is 9.08. The van der Waals surface area contributed by atoms with E-state index in [1.165, 1.54) is 6.92 Å². The van der Waals surface area contributed by atoms with Crippen molar-refractivity contribution in [2.45, 2.75) is 38.6 Å². The fourth-order valence-electron chi connectivity index (χ4n) is 2.52. The number of hydrogen-bond donors (Lipinski definition) is 0. The van der Waals surface area contributed by atoms with E-state index in [4.69, 9.17) is 4.74 Å². The smallest absolute Gasteiger partial charge is 0.247 e. The fourth-order valence-corrected chi connectivity index (χ4v) is 3.16. The van der Waals surface area contributed by atoms with Gasteiger partial charge in [-0.1, -0.05) is 36.9 Å². The van der Waals surface area contributed by atoms with Crippen LogP contribution in [0.4, 0.5) is 5.69 Å². The summed E-state index contributed by atoms with van der Waals surface area (Å²) in [6.45, 7) is 5.45. The zero-order valence-corrected chi connectivity index (χ0v) is 14.1. The first kappa shape index (κ1) is 15.7. The van der Waals surface area contributed by atoms with Gasteiger partial charge in [-0.2, -0.15) is 4.98 Å². The number of carbonyl (C=O) groups is 1. The highest BCUT2D eigenvalue weighted by atomic mass is 32.2. The maximum absolute atomic E-state index is 12.1. The molecule has 7 heteroatoms. The van der Waals surface area contributed by atoms with Gasteiger partial charge in [0.15, 0.2) is 11.9 Å². The minimum absolute atomic E-state index is 0.0914. The summed E-state index contributed by atoms with van der Waals surface area (Å²) in [5.41, 5.74) is 2.13. The minimum Gasteiger partial charge on any atom is -0.452 e. The van der Waals surface area contributed by atoms with E-state index in [9.17, 15) is 4.79 Å². The Kier molecular flexibility index (Phi) is 4.47. The number of aromatic nitrogens is 3. The van der Waals surface area contributed by atoms with Gasteiger partial charge in [-0.3, -0.25) is 9.69 Å². The summed E-state index contributed by atoms with van der Waals surface area (Å²) >= 11 is 1.54. The number of benzene rings is 1. The zero-order chi connectivity index (χ0) is 16.4. The first-order chi connectivity index (χ1) is 11.1. The van der Waals surface area contributed by atoms with Gasteiger partial charge in [0, 0.05) is 18.2 Å². The summed E-state index contributed by atoms with van der Waals surface area (Å²) in [6.07, 6.45) is 0.569. The Labute approximate surface area is 139 Å². The van der Waals surface area contributed by atoms with Crippen LogP contribution < -0.4 is 9.64 Å². The molecular weight excluding hydrogens is 312 g/mol. The van der Waals surface area contributed by atoms with E-state index in [1.54, 1.807) is 16.7 Å². The molecule has 0 saturated heterocycles. The van der Waals surface area contributed by atoms with Crippen molar-refractivity contribution in [1.29, 1.82) is 0 Å². The van der Waals surface area contributed by atoms with Gasteiger partial charge in [-0.25, -0.2) is 0 Å². The Balaban J connectivity index is 2.11. The number of anilines is 1. The molecule has 0 aliphatic carbocycles. The lowest BCUT2D eigenvalue weighted by molar-refractivity contribution is -0.118. The van der Waals surface area contributed by atoms with Gasteiger partial charge in [0.1, 0.15) is 0 Å². The third-order valence-electron chi connectivity index (χ3n) is 3.47. The average Bonchev–Trinajstić information content (AvgIpc) is 2.65. The molecule has 1 amide bonds. The first-order valence-electron chi connectivity index (χ1n) is 7.55. The Morgan fingerprint density at radius 2 is 2.13 bits per heavy atom. The van der Waals surface area contributed by atoms with Gasteiger partial charge >= 0.3 is 0 Å². The fraction of sp³-hybridized carbons (Fsp3) is 0.375. The van der Waals surface area contributed by atoms with Crippen LogP contribution in [0.15, 0.2) is 29.4 Å². The van der Waals surface area contributed by atoms with Gasteiger partial charge < -0.3 is 4.74 Å². The highest BCUT2D eigenvalue weighted by molar-refractivity contribution is 7.99. The molecule has 3 rings (SSSR count). The molecule has 1 aromatic heterocycles. The maximum Gasteiger partial charge on any atom is 0.247 e. The highest BCUT2D eigenvalue weighted by Gasteiger charge is 2.30. The van der Waals surface area contributed by atoms with Crippen LogP contribution in [0.5, 0.6) is 5.88 Å². The molecule has 6 nitrogen and oxygen atoms in total. The monoisotopic (exact) mass is 330 g/mol. The molecule has 0 N–H and O–H groups in total. The molecule has 1 aliphatic heterocycles. The number of rotatable bonds is 3. The quantitative estimate of drug-likeness (QED) is 0.805. The molecule has 0 radical (unpaired) electrons. The summed E-state index contributed by atoms with van der Waals surface area (Å²) in [5.74, 6) is 1.25. The van der Waals surface area contributed by atoms with Crippen LogP contribution in [0.1, 0.15) is 27.2 Å². The van der Waals surface area contributed by atoms with Crippen LogP contribution in [0, 0.1) is 0 Å². The Hall–Kier alpha value is -2.15. The lowest BCUT2D eigenvalue weighted by Gasteiger charge is -2.26. The van der Waals surface area contributed by atoms with Crippen molar-refractivity contribution in [3.8, 4) is 17.1 Å². The maximum atomic E-state index is 12.1. The molecule has 1 aliphatic rings. The molecule has 23 heavy (non-hydrogen) atoms. The average molecular weight is 330 g/mol. The second-order valence-electron chi connectivity index (χ2n) is 5.22. The third kappa shape index (κ3) is 3.01. The molecule has 0 bridgehead atoms. The van der Waals surface area contributed by atoms with E-state index >= 15 is 0 Å².